The number of carbonyl (C=O) groups is 1. The van der Waals surface area contributed by atoms with Gasteiger partial charge in [-0.25, -0.2) is 4.98 Å². The zero-order valence-corrected chi connectivity index (χ0v) is 15.2. The highest BCUT2D eigenvalue weighted by Gasteiger charge is 2.23. The lowest BCUT2D eigenvalue weighted by Crippen LogP contribution is -2.39. The molecule has 0 unspecified atom stereocenters. The van der Waals surface area contributed by atoms with E-state index in [1.54, 1.807) is 30.5 Å². The third kappa shape index (κ3) is 4.98. The summed E-state index contributed by atoms with van der Waals surface area (Å²) in [5.74, 6) is 0.640. The predicted molar refractivity (Wildman–Crippen MR) is 94.1 cm³/mol. The van der Waals surface area contributed by atoms with Crippen LogP contribution in [-0.2, 0) is 0 Å². The Morgan fingerprint density at radius 3 is 2.68 bits per heavy atom. The van der Waals surface area contributed by atoms with Crippen LogP contribution in [0.25, 0.3) is 10.8 Å². The van der Waals surface area contributed by atoms with E-state index < -0.39 is 0 Å². The van der Waals surface area contributed by atoms with E-state index in [9.17, 15) is 4.79 Å². The summed E-state index contributed by atoms with van der Waals surface area (Å²) in [6, 6.07) is 3.63. The van der Waals surface area contributed by atoms with Gasteiger partial charge in [-0.05, 0) is 24.1 Å². The maximum atomic E-state index is 12.3. The molecule has 0 radical (unpaired) electrons. The number of nitrogens with two attached hydrogens (primary N) is 1. The van der Waals surface area contributed by atoms with Crippen molar-refractivity contribution in [1.82, 2.24) is 9.88 Å². The number of carbonyl (C=O) groups excluding carboxylic acids is 1. The Morgan fingerprint density at radius 1 is 1.45 bits per heavy atom. The molecule has 5 nitrogen and oxygen atoms in total. The molecule has 0 aliphatic carbocycles. The summed E-state index contributed by atoms with van der Waals surface area (Å²) in [6.45, 7) is 5.22. The molecule has 2 aromatic heterocycles. The number of rotatable bonds is 5. The highest BCUT2D eigenvalue weighted by Crippen LogP contribution is 2.26. The van der Waals surface area contributed by atoms with Crippen molar-refractivity contribution in [2.75, 3.05) is 20.1 Å². The molecule has 0 saturated heterocycles. The Bertz CT molecular complexity index is 585. The van der Waals surface area contributed by atoms with Gasteiger partial charge in [0.15, 0.2) is 10.8 Å². The first kappa shape index (κ1) is 20.9. The fourth-order valence-corrected chi connectivity index (χ4v) is 2.73. The number of furan rings is 1. The third-order valence-corrected chi connectivity index (χ3v) is 4.01. The molecule has 2 N–H and O–H groups in total. The molecule has 2 aromatic rings. The molecule has 124 valence electrons. The lowest BCUT2D eigenvalue weighted by molar-refractivity contribution is 0.0745. The second-order valence-corrected chi connectivity index (χ2v) is 6.57. The average Bonchev–Trinajstić information content (AvgIpc) is 3.07. The van der Waals surface area contributed by atoms with E-state index in [1.807, 2.05) is 19.9 Å². The van der Waals surface area contributed by atoms with Gasteiger partial charge in [-0.2, -0.15) is 0 Å². The van der Waals surface area contributed by atoms with Crippen LogP contribution in [0.5, 0.6) is 0 Å². The number of aromatic nitrogens is 1. The summed E-state index contributed by atoms with van der Waals surface area (Å²) >= 11 is 1.33. The van der Waals surface area contributed by atoms with E-state index in [4.69, 9.17) is 10.2 Å². The van der Waals surface area contributed by atoms with Gasteiger partial charge in [0, 0.05) is 13.6 Å². The van der Waals surface area contributed by atoms with Gasteiger partial charge < -0.3 is 15.1 Å². The standard InChI is InChI=1S/C14H19N3O2S.2ClH/c1-14(2,8-15)9-17(3)13(18)11-7-16-12(20-11)10-5-4-6-19-10;;/h4-7H,8-9,15H2,1-3H3;2*1H. The van der Waals surface area contributed by atoms with Crippen molar-refractivity contribution >= 4 is 42.1 Å². The van der Waals surface area contributed by atoms with E-state index in [0.717, 1.165) is 0 Å². The lowest BCUT2D eigenvalue weighted by atomic mass is 9.93. The van der Waals surface area contributed by atoms with Crippen molar-refractivity contribution in [2.45, 2.75) is 13.8 Å². The van der Waals surface area contributed by atoms with Crippen molar-refractivity contribution in [3.05, 3.63) is 29.5 Å². The SMILES string of the molecule is CN(CC(C)(C)CN)C(=O)c1cnc(-c2ccco2)s1.Cl.Cl. The molecule has 22 heavy (non-hydrogen) atoms. The smallest absolute Gasteiger partial charge is 0.265 e. The molecule has 0 aromatic carbocycles. The first-order chi connectivity index (χ1) is 9.43. The van der Waals surface area contributed by atoms with Gasteiger partial charge in [-0.3, -0.25) is 4.79 Å². The van der Waals surface area contributed by atoms with Gasteiger partial charge in [-0.1, -0.05) is 13.8 Å². The van der Waals surface area contributed by atoms with Crippen molar-refractivity contribution in [3.8, 4) is 10.8 Å². The Labute approximate surface area is 146 Å². The summed E-state index contributed by atoms with van der Waals surface area (Å²) in [5, 5.41) is 0.713. The Morgan fingerprint density at radius 2 is 2.14 bits per heavy atom. The van der Waals surface area contributed by atoms with Crippen LogP contribution < -0.4 is 5.73 Å². The maximum absolute atomic E-state index is 12.3. The molecule has 2 heterocycles. The van der Waals surface area contributed by atoms with Crippen LogP contribution in [0, 0.1) is 5.41 Å². The van der Waals surface area contributed by atoms with Crippen LogP contribution in [0.2, 0.25) is 0 Å². The van der Waals surface area contributed by atoms with Crippen LogP contribution in [-0.4, -0.2) is 35.9 Å². The van der Waals surface area contributed by atoms with Gasteiger partial charge in [0.1, 0.15) is 4.88 Å². The van der Waals surface area contributed by atoms with Crippen LogP contribution in [0.15, 0.2) is 29.0 Å². The summed E-state index contributed by atoms with van der Waals surface area (Å²) in [4.78, 5) is 18.9. The maximum Gasteiger partial charge on any atom is 0.265 e. The number of hydrogen-bond donors (Lipinski definition) is 1. The molecule has 0 fully saturated rings. The number of hydrogen-bond acceptors (Lipinski definition) is 5. The van der Waals surface area contributed by atoms with Crippen molar-refractivity contribution in [2.24, 2.45) is 11.1 Å². The summed E-state index contributed by atoms with van der Waals surface area (Å²) in [7, 11) is 1.78. The fourth-order valence-electron chi connectivity index (χ4n) is 1.85. The average molecular weight is 366 g/mol. The van der Waals surface area contributed by atoms with E-state index in [-0.39, 0.29) is 36.1 Å². The normalized spacial score (nSPS) is 10.5. The highest BCUT2D eigenvalue weighted by molar-refractivity contribution is 7.16. The quantitative estimate of drug-likeness (QED) is 0.881. The number of amides is 1. The largest absolute Gasteiger partial charge is 0.462 e. The first-order valence-corrected chi connectivity index (χ1v) is 7.20. The Balaban J connectivity index is 0.00000220. The monoisotopic (exact) mass is 365 g/mol. The number of nitrogens with zero attached hydrogens (tertiary/aromatic N) is 2. The molecule has 0 aliphatic rings. The molecule has 0 spiro atoms. The molecule has 0 aliphatic heterocycles. The van der Waals surface area contributed by atoms with Gasteiger partial charge in [0.2, 0.25) is 0 Å². The van der Waals surface area contributed by atoms with Gasteiger partial charge in [0.25, 0.3) is 5.91 Å². The summed E-state index contributed by atoms with van der Waals surface area (Å²) in [6.07, 6.45) is 3.19. The second-order valence-electron chi connectivity index (χ2n) is 5.54. The third-order valence-electron chi connectivity index (χ3n) is 3.01. The van der Waals surface area contributed by atoms with Crippen LogP contribution in [0.3, 0.4) is 0 Å². The zero-order chi connectivity index (χ0) is 14.8. The number of thiazole rings is 1. The summed E-state index contributed by atoms with van der Waals surface area (Å²) in [5.41, 5.74) is 5.60. The topological polar surface area (TPSA) is 72.4 Å². The molecule has 0 saturated carbocycles. The first-order valence-electron chi connectivity index (χ1n) is 6.38. The van der Waals surface area contributed by atoms with Crippen LogP contribution in [0.4, 0.5) is 0 Å². The molecule has 0 atom stereocenters. The lowest BCUT2D eigenvalue weighted by Gasteiger charge is -2.28. The minimum Gasteiger partial charge on any atom is -0.462 e. The zero-order valence-electron chi connectivity index (χ0n) is 12.7. The second kappa shape index (κ2) is 8.53. The van der Waals surface area contributed by atoms with Crippen molar-refractivity contribution in [1.29, 1.82) is 0 Å². The van der Waals surface area contributed by atoms with Gasteiger partial charge in [0.05, 0.1) is 12.5 Å². The van der Waals surface area contributed by atoms with Gasteiger partial charge >= 0.3 is 0 Å². The predicted octanol–water partition coefficient (Wildman–Crippen LogP) is 3.30. The minimum absolute atomic E-state index is 0. The Hall–Kier alpha value is -1.08. The molecule has 0 bridgehead atoms. The molecule has 1 amide bonds. The van der Waals surface area contributed by atoms with Crippen LogP contribution in [0.1, 0.15) is 23.5 Å². The Kier molecular flexibility index (Phi) is 8.11. The van der Waals surface area contributed by atoms with Crippen molar-refractivity contribution in [3.63, 3.8) is 0 Å². The number of halogens is 2. The summed E-state index contributed by atoms with van der Waals surface area (Å²) < 4.78 is 5.28. The molecule has 2 rings (SSSR count). The molecular weight excluding hydrogens is 345 g/mol. The van der Waals surface area contributed by atoms with Crippen LogP contribution >= 0.6 is 36.2 Å². The van der Waals surface area contributed by atoms with E-state index in [2.05, 4.69) is 4.98 Å². The van der Waals surface area contributed by atoms with E-state index in [0.29, 0.717) is 28.7 Å². The fraction of sp³-hybridized carbons (Fsp3) is 0.429. The van der Waals surface area contributed by atoms with E-state index >= 15 is 0 Å². The van der Waals surface area contributed by atoms with Gasteiger partial charge in [-0.15, -0.1) is 36.2 Å². The van der Waals surface area contributed by atoms with Crippen molar-refractivity contribution < 1.29 is 9.21 Å². The molecule has 8 heteroatoms. The minimum atomic E-state index is -0.0983. The molecular formula is C14H21Cl2N3O2S. The van der Waals surface area contributed by atoms with E-state index in [1.165, 1.54) is 11.3 Å². The highest BCUT2D eigenvalue weighted by atomic mass is 35.5.